The Bertz CT molecular complexity index is 533. The highest BCUT2D eigenvalue weighted by atomic mass is 127. The molecular weight excluding hydrogens is 471 g/mol. The van der Waals surface area contributed by atoms with Crippen LogP contribution in [-0.2, 0) is 13.1 Å². The van der Waals surface area contributed by atoms with Crippen LogP contribution >= 0.6 is 35.7 Å². The minimum Gasteiger partial charge on any atom is -0.393 e. The molecule has 0 spiro atoms. The number of piperidine rings is 1. The maximum Gasteiger partial charge on any atom is 0.191 e. The van der Waals surface area contributed by atoms with E-state index in [-0.39, 0.29) is 30.1 Å². The van der Waals surface area contributed by atoms with Gasteiger partial charge in [-0.1, -0.05) is 24.3 Å². The van der Waals surface area contributed by atoms with Crippen molar-refractivity contribution in [2.45, 2.75) is 44.9 Å². The number of aliphatic hydroxyl groups excluding tert-OH is 1. The first-order valence-corrected chi connectivity index (χ1v) is 11.0. The van der Waals surface area contributed by atoms with Crippen LogP contribution in [0.4, 0.5) is 0 Å². The number of rotatable bonds is 9. The van der Waals surface area contributed by atoms with Gasteiger partial charge < -0.3 is 15.7 Å². The van der Waals surface area contributed by atoms with Crippen LogP contribution in [0, 0.1) is 0 Å². The zero-order chi connectivity index (χ0) is 18.6. The van der Waals surface area contributed by atoms with Gasteiger partial charge >= 0.3 is 0 Å². The lowest BCUT2D eigenvalue weighted by atomic mass is 10.1. The molecule has 0 aliphatic carbocycles. The van der Waals surface area contributed by atoms with E-state index in [4.69, 9.17) is 0 Å². The van der Waals surface area contributed by atoms with Crippen molar-refractivity contribution in [3.05, 3.63) is 35.4 Å². The molecule has 1 aromatic carbocycles. The summed E-state index contributed by atoms with van der Waals surface area (Å²) in [6.45, 7) is 4.69. The normalized spacial score (nSPS) is 16.0. The van der Waals surface area contributed by atoms with E-state index in [2.05, 4.69) is 51.0 Å². The third-order valence-corrected chi connectivity index (χ3v) is 5.43. The van der Waals surface area contributed by atoms with E-state index in [1.165, 1.54) is 29.7 Å². The number of aliphatic hydroxyl groups is 1. The van der Waals surface area contributed by atoms with Crippen molar-refractivity contribution in [2.24, 2.45) is 4.99 Å². The van der Waals surface area contributed by atoms with Crippen molar-refractivity contribution in [1.82, 2.24) is 15.5 Å². The van der Waals surface area contributed by atoms with Crippen LogP contribution in [0.2, 0.25) is 0 Å². The van der Waals surface area contributed by atoms with Gasteiger partial charge in [-0.05, 0) is 48.8 Å². The summed E-state index contributed by atoms with van der Waals surface area (Å²) in [6, 6.07) is 8.79. The summed E-state index contributed by atoms with van der Waals surface area (Å²) in [6.07, 6.45) is 6.24. The van der Waals surface area contributed by atoms with E-state index >= 15 is 0 Å². The quantitative estimate of drug-likeness (QED) is 0.208. The fourth-order valence-corrected chi connectivity index (χ4v) is 3.58. The molecule has 0 aromatic heterocycles. The summed E-state index contributed by atoms with van der Waals surface area (Å²) in [5, 5.41) is 16.3. The Hall–Kier alpha value is -0.510. The van der Waals surface area contributed by atoms with Gasteiger partial charge in [0, 0.05) is 39.8 Å². The monoisotopic (exact) mass is 506 g/mol. The Labute approximate surface area is 185 Å². The van der Waals surface area contributed by atoms with Crippen molar-refractivity contribution in [1.29, 1.82) is 0 Å². The predicted molar refractivity (Wildman–Crippen MR) is 128 cm³/mol. The lowest BCUT2D eigenvalue weighted by Gasteiger charge is -2.29. The molecule has 1 heterocycles. The second-order valence-electron chi connectivity index (χ2n) is 6.88. The van der Waals surface area contributed by atoms with Gasteiger partial charge in [0.05, 0.1) is 6.10 Å². The smallest absolute Gasteiger partial charge is 0.191 e. The van der Waals surface area contributed by atoms with Crippen LogP contribution in [0.1, 0.15) is 36.8 Å². The first-order chi connectivity index (χ1) is 12.7. The third-order valence-electron chi connectivity index (χ3n) is 4.74. The lowest BCUT2D eigenvalue weighted by Crippen LogP contribution is -2.37. The summed E-state index contributed by atoms with van der Waals surface area (Å²) in [5.41, 5.74) is 2.59. The molecule has 1 saturated heterocycles. The van der Waals surface area contributed by atoms with E-state index in [9.17, 15) is 5.11 Å². The highest BCUT2D eigenvalue weighted by Gasteiger charge is 2.16. The molecule has 154 valence electrons. The molecule has 1 aliphatic rings. The SMILES string of the molecule is CN=C(NCCCCSC)NCc1ccc(CN2CCC(O)CC2)cc1.I. The predicted octanol–water partition coefficient (Wildman–Crippen LogP) is 3.07. The number of benzene rings is 1. The average molecular weight is 506 g/mol. The molecule has 0 amide bonds. The molecular formula is C20H35IN4OS. The van der Waals surface area contributed by atoms with Crippen LogP contribution in [0.3, 0.4) is 0 Å². The number of guanidine groups is 1. The highest BCUT2D eigenvalue weighted by molar-refractivity contribution is 14.0. The van der Waals surface area contributed by atoms with Gasteiger partial charge in [0.15, 0.2) is 5.96 Å². The summed E-state index contributed by atoms with van der Waals surface area (Å²) in [5.74, 6) is 2.09. The molecule has 0 saturated carbocycles. The molecule has 1 aromatic rings. The molecule has 2 rings (SSSR count). The molecule has 0 atom stereocenters. The summed E-state index contributed by atoms with van der Waals surface area (Å²) >= 11 is 1.90. The first-order valence-electron chi connectivity index (χ1n) is 9.63. The second kappa shape index (κ2) is 14.5. The third kappa shape index (κ3) is 10.0. The molecule has 27 heavy (non-hydrogen) atoms. The Morgan fingerprint density at radius 1 is 1.15 bits per heavy atom. The number of aliphatic imine (C=N–C) groups is 1. The molecule has 5 nitrogen and oxygen atoms in total. The Balaban J connectivity index is 0.00000364. The number of nitrogens with zero attached hydrogens (tertiary/aromatic N) is 2. The van der Waals surface area contributed by atoms with E-state index in [1.54, 1.807) is 0 Å². The van der Waals surface area contributed by atoms with E-state index < -0.39 is 0 Å². The number of hydrogen-bond donors (Lipinski definition) is 3. The van der Waals surface area contributed by atoms with Gasteiger partial charge in [-0.3, -0.25) is 9.89 Å². The minimum absolute atomic E-state index is 0. The van der Waals surface area contributed by atoms with Crippen molar-refractivity contribution in [3.63, 3.8) is 0 Å². The van der Waals surface area contributed by atoms with Crippen molar-refractivity contribution < 1.29 is 5.11 Å². The highest BCUT2D eigenvalue weighted by Crippen LogP contribution is 2.14. The Kier molecular flexibility index (Phi) is 13.2. The molecule has 3 N–H and O–H groups in total. The van der Waals surface area contributed by atoms with Crippen LogP contribution in [-0.4, -0.2) is 60.8 Å². The topological polar surface area (TPSA) is 59.9 Å². The lowest BCUT2D eigenvalue weighted by molar-refractivity contribution is 0.0792. The number of likely N-dealkylation sites (tertiary alicyclic amines) is 1. The molecule has 0 radical (unpaired) electrons. The van der Waals surface area contributed by atoms with Crippen LogP contribution in [0.25, 0.3) is 0 Å². The summed E-state index contributed by atoms with van der Waals surface area (Å²) < 4.78 is 0. The molecule has 0 bridgehead atoms. The van der Waals surface area contributed by atoms with Gasteiger partial charge in [0.1, 0.15) is 0 Å². The number of hydrogen-bond acceptors (Lipinski definition) is 4. The summed E-state index contributed by atoms with van der Waals surface area (Å²) in [7, 11) is 1.82. The van der Waals surface area contributed by atoms with Crippen molar-refractivity contribution >= 4 is 41.7 Å². The van der Waals surface area contributed by atoms with Crippen LogP contribution in [0.15, 0.2) is 29.3 Å². The molecule has 1 fully saturated rings. The molecule has 1 aliphatic heterocycles. The van der Waals surface area contributed by atoms with Gasteiger partial charge in [-0.15, -0.1) is 24.0 Å². The van der Waals surface area contributed by atoms with Gasteiger partial charge in [0.25, 0.3) is 0 Å². The fraction of sp³-hybridized carbons (Fsp3) is 0.650. The average Bonchev–Trinajstić information content (AvgIpc) is 2.67. The van der Waals surface area contributed by atoms with Gasteiger partial charge in [-0.2, -0.15) is 11.8 Å². The van der Waals surface area contributed by atoms with E-state index in [1.807, 2.05) is 18.8 Å². The van der Waals surface area contributed by atoms with Gasteiger partial charge in [0.2, 0.25) is 0 Å². The Morgan fingerprint density at radius 2 is 1.81 bits per heavy atom. The van der Waals surface area contributed by atoms with Gasteiger partial charge in [-0.25, -0.2) is 0 Å². The van der Waals surface area contributed by atoms with Crippen LogP contribution in [0.5, 0.6) is 0 Å². The Morgan fingerprint density at radius 3 is 2.44 bits per heavy atom. The molecule has 7 heteroatoms. The van der Waals surface area contributed by atoms with Crippen molar-refractivity contribution in [3.8, 4) is 0 Å². The summed E-state index contributed by atoms with van der Waals surface area (Å²) in [4.78, 5) is 6.70. The maximum absolute atomic E-state index is 9.60. The number of nitrogens with one attached hydrogen (secondary N) is 2. The second-order valence-corrected chi connectivity index (χ2v) is 7.86. The van der Waals surface area contributed by atoms with E-state index in [0.717, 1.165) is 51.5 Å². The molecule has 0 unspecified atom stereocenters. The number of halogens is 1. The number of thioether (sulfide) groups is 1. The fourth-order valence-electron chi connectivity index (χ4n) is 3.08. The standard InChI is InChI=1S/C20H34N4OS.HI/c1-21-20(22-11-3-4-14-26-2)23-15-17-5-7-18(8-6-17)16-24-12-9-19(25)10-13-24;/h5-8,19,25H,3-4,9-16H2,1-2H3,(H2,21,22,23);1H. The first kappa shape index (κ1) is 24.5. The zero-order valence-corrected chi connectivity index (χ0v) is 19.8. The van der Waals surface area contributed by atoms with E-state index in [0.29, 0.717) is 0 Å². The maximum atomic E-state index is 9.60. The zero-order valence-electron chi connectivity index (χ0n) is 16.6. The van der Waals surface area contributed by atoms with Crippen LogP contribution < -0.4 is 10.6 Å². The minimum atomic E-state index is -0.103. The number of unbranched alkanes of at least 4 members (excludes halogenated alkanes) is 1. The van der Waals surface area contributed by atoms with Crippen molar-refractivity contribution in [2.75, 3.05) is 38.7 Å². The largest absolute Gasteiger partial charge is 0.393 e.